The minimum absolute atomic E-state index is 0.103. The van der Waals surface area contributed by atoms with Gasteiger partial charge in [0.05, 0.1) is 19.2 Å². The van der Waals surface area contributed by atoms with Crippen molar-refractivity contribution in [3.8, 4) is 5.88 Å². The Labute approximate surface area is 120 Å². The quantitative estimate of drug-likeness (QED) is 0.860. The van der Waals surface area contributed by atoms with E-state index in [4.69, 9.17) is 16.3 Å². The van der Waals surface area contributed by atoms with Crippen molar-refractivity contribution in [3.63, 3.8) is 0 Å². The van der Waals surface area contributed by atoms with E-state index in [0.717, 1.165) is 10.1 Å². The van der Waals surface area contributed by atoms with Crippen molar-refractivity contribution in [3.05, 3.63) is 55.4 Å². The fourth-order valence-corrected chi connectivity index (χ4v) is 2.17. The second kappa shape index (κ2) is 5.92. The van der Waals surface area contributed by atoms with Gasteiger partial charge in [0, 0.05) is 12.3 Å². The first kappa shape index (κ1) is 14.3. The molecule has 0 radical (unpaired) electrons. The Kier molecular flexibility index (Phi) is 4.24. The first-order chi connectivity index (χ1) is 9.56. The number of aromatic nitrogens is 3. The van der Waals surface area contributed by atoms with Crippen LogP contribution >= 0.6 is 11.6 Å². The third-order valence-electron chi connectivity index (χ3n) is 2.93. The number of rotatable bonds is 4. The average molecular weight is 296 g/mol. The van der Waals surface area contributed by atoms with Gasteiger partial charge in [0.25, 0.3) is 5.56 Å². The topological polar surface area (TPSA) is 77.0 Å². The number of methoxy groups -OCH3 is 1. The molecule has 0 saturated heterocycles. The van der Waals surface area contributed by atoms with Crippen molar-refractivity contribution in [2.75, 3.05) is 7.11 Å². The highest BCUT2D eigenvalue weighted by Crippen LogP contribution is 2.10. The van der Waals surface area contributed by atoms with E-state index >= 15 is 0 Å². The molecule has 0 fully saturated rings. The van der Waals surface area contributed by atoms with Gasteiger partial charge >= 0.3 is 5.69 Å². The molecule has 2 rings (SSSR count). The second-order valence-corrected chi connectivity index (χ2v) is 4.55. The lowest BCUT2D eigenvalue weighted by Gasteiger charge is -2.08. The third-order valence-corrected chi connectivity index (χ3v) is 3.26. The smallest absolute Gasteiger partial charge is 0.329 e. The van der Waals surface area contributed by atoms with Gasteiger partial charge in [-0.1, -0.05) is 18.5 Å². The van der Waals surface area contributed by atoms with Gasteiger partial charge in [-0.3, -0.25) is 14.3 Å². The molecule has 0 unspecified atom stereocenters. The highest BCUT2D eigenvalue weighted by molar-refractivity contribution is 6.30. The monoisotopic (exact) mass is 295 g/mol. The maximum atomic E-state index is 12.2. The lowest BCUT2D eigenvalue weighted by Crippen LogP contribution is -2.37. The number of hydrogen-bond acceptors (Lipinski definition) is 4. The normalized spacial score (nSPS) is 10.6. The van der Waals surface area contributed by atoms with Crippen LogP contribution in [0.2, 0.25) is 5.15 Å². The zero-order chi connectivity index (χ0) is 14.7. The Morgan fingerprint density at radius 1 is 1.45 bits per heavy atom. The van der Waals surface area contributed by atoms with Crippen LogP contribution in [0, 0.1) is 0 Å². The summed E-state index contributed by atoms with van der Waals surface area (Å²) < 4.78 is 6.12. The molecule has 2 heterocycles. The van der Waals surface area contributed by atoms with Gasteiger partial charge in [0.15, 0.2) is 0 Å². The third kappa shape index (κ3) is 2.75. The summed E-state index contributed by atoms with van der Waals surface area (Å²) in [5.41, 5.74) is 0.228. The second-order valence-electron chi connectivity index (χ2n) is 4.17. The molecule has 2 aromatic heterocycles. The van der Waals surface area contributed by atoms with Gasteiger partial charge in [0.1, 0.15) is 5.15 Å². The van der Waals surface area contributed by atoms with Crippen LogP contribution in [-0.2, 0) is 13.0 Å². The van der Waals surface area contributed by atoms with Gasteiger partial charge in [-0.25, -0.2) is 9.78 Å². The maximum absolute atomic E-state index is 12.2. The van der Waals surface area contributed by atoms with Crippen molar-refractivity contribution in [2.45, 2.75) is 19.9 Å². The van der Waals surface area contributed by atoms with Gasteiger partial charge in [-0.15, -0.1) is 0 Å². The van der Waals surface area contributed by atoms with Crippen LogP contribution in [0.3, 0.4) is 0 Å². The molecule has 1 N–H and O–H groups in total. The molecular weight excluding hydrogens is 282 g/mol. The van der Waals surface area contributed by atoms with E-state index in [1.54, 1.807) is 25.3 Å². The zero-order valence-corrected chi connectivity index (χ0v) is 11.9. The van der Waals surface area contributed by atoms with Crippen LogP contribution in [0.15, 0.2) is 27.9 Å². The fourth-order valence-electron chi connectivity index (χ4n) is 1.88. The van der Waals surface area contributed by atoms with Crippen molar-refractivity contribution < 1.29 is 4.74 Å². The molecule has 106 valence electrons. The number of nitrogens with zero attached hydrogens (tertiary/aromatic N) is 2. The predicted molar refractivity (Wildman–Crippen MR) is 75.6 cm³/mol. The van der Waals surface area contributed by atoms with Crippen molar-refractivity contribution in [2.24, 2.45) is 0 Å². The number of pyridine rings is 1. The highest BCUT2D eigenvalue weighted by Gasteiger charge is 2.11. The summed E-state index contributed by atoms with van der Waals surface area (Å²) in [5, 5.41) is 0.103. The molecule has 0 amide bonds. The Morgan fingerprint density at radius 3 is 2.85 bits per heavy atom. The summed E-state index contributed by atoms with van der Waals surface area (Å²) in [6.07, 6.45) is 2.01. The van der Waals surface area contributed by atoms with Crippen molar-refractivity contribution >= 4 is 11.6 Å². The van der Waals surface area contributed by atoms with Gasteiger partial charge in [0.2, 0.25) is 5.88 Å². The summed E-state index contributed by atoms with van der Waals surface area (Å²) >= 11 is 5.86. The zero-order valence-electron chi connectivity index (χ0n) is 11.1. The molecule has 0 spiro atoms. The van der Waals surface area contributed by atoms with E-state index < -0.39 is 5.69 Å². The molecule has 0 aliphatic rings. The SMILES string of the molecule is CCc1c(Cl)[nH]c(=O)n(Cc2ccnc(OC)c2)c1=O. The van der Waals surface area contributed by atoms with E-state index in [9.17, 15) is 9.59 Å². The van der Waals surface area contributed by atoms with Crippen molar-refractivity contribution in [1.82, 2.24) is 14.5 Å². The van der Waals surface area contributed by atoms with Crippen LogP contribution in [0.4, 0.5) is 0 Å². The summed E-state index contributed by atoms with van der Waals surface area (Å²) in [5.74, 6) is 0.427. The molecule has 0 aliphatic heterocycles. The van der Waals surface area contributed by atoms with Crippen molar-refractivity contribution in [1.29, 1.82) is 0 Å². The lowest BCUT2D eigenvalue weighted by molar-refractivity contribution is 0.397. The summed E-state index contributed by atoms with van der Waals surface area (Å²) in [6, 6.07) is 3.39. The van der Waals surface area contributed by atoms with Crippen LogP contribution in [-0.4, -0.2) is 21.6 Å². The molecule has 2 aromatic rings. The number of H-pyrrole nitrogens is 1. The molecule has 0 aromatic carbocycles. The average Bonchev–Trinajstić information content (AvgIpc) is 2.44. The molecule has 6 nitrogen and oxygen atoms in total. The van der Waals surface area contributed by atoms with Crippen LogP contribution in [0.1, 0.15) is 18.1 Å². The first-order valence-corrected chi connectivity index (χ1v) is 6.45. The standard InChI is InChI=1S/C13H14ClN3O3/c1-3-9-11(14)16-13(19)17(12(9)18)7-8-4-5-15-10(6-8)20-2/h4-6H,3,7H2,1-2H3,(H,16,19). The molecule has 0 atom stereocenters. The molecule has 7 heteroatoms. The Bertz CT molecular complexity index is 736. The molecule has 20 heavy (non-hydrogen) atoms. The molecule has 0 aliphatic carbocycles. The van der Waals surface area contributed by atoms with E-state index in [0.29, 0.717) is 17.9 Å². The molecule has 0 bridgehead atoms. The largest absolute Gasteiger partial charge is 0.481 e. The van der Waals surface area contributed by atoms with Gasteiger partial charge < -0.3 is 4.74 Å². The van der Waals surface area contributed by atoms with E-state index in [1.165, 1.54) is 7.11 Å². The molecule has 0 saturated carbocycles. The summed E-state index contributed by atoms with van der Waals surface area (Å²) in [7, 11) is 1.50. The maximum Gasteiger partial charge on any atom is 0.329 e. The summed E-state index contributed by atoms with van der Waals surface area (Å²) in [6.45, 7) is 1.94. The summed E-state index contributed by atoms with van der Waals surface area (Å²) in [4.78, 5) is 30.5. The fraction of sp³-hybridized carbons (Fsp3) is 0.308. The Hall–Kier alpha value is -2.08. The van der Waals surface area contributed by atoms with Crippen LogP contribution in [0.5, 0.6) is 5.88 Å². The first-order valence-electron chi connectivity index (χ1n) is 6.07. The Morgan fingerprint density at radius 2 is 2.20 bits per heavy atom. The highest BCUT2D eigenvalue weighted by atomic mass is 35.5. The minimum Gasteiger partial charge on any atom is -0.481 e. The van der Waals surface area contributed by atoms with E-state index in [1.807, 2.05) is 0 Å². The number of nitrogens with one attached hydrogen (secondary N) is 1. The van der Waals surface area contributed by atoms with Gasteiger partial charge in [-0.2, -0.15) is 0 Å². The van der Waals surface area contributed by atoms with E-state index in [-0.39, 0.29) is 17.3 Å². The molecular formula is C13H14ClN3O3. The Balaban J connectivity index is 2.48. The van der Waals surface area contributed by atoms with Crippen LogP contribution in [0.25, 0.3) is 0 Å². The minimum atomic E-state index is -0.534. The van der Waals surface area contributed by atoms with Crippen LogP contribution < -0.4 is 16.0 Å². The number of halogens is 1. The van der Waals surface area contributed by atoms with Gasteiger partial charge in [-0.05, 0) is 18.1 Å². The number of aromatic amines is 1. The number of hydrogen-bond donors (Lipinski definition) is 1. The lowest BCUT2D eigenvalue weighted by atomic mass is 10.2. The van der Waals surface area contributed by atoms with E-state index in [2.05, 4.69) is 9.97 Å². The predicted octanol–water partition coefficient (Wildman–Crippen LogP) is 1.20. The number of ether oxygens (including phenoxy) is 1.